The third-order valence-corrected chi connectivity index (χ3v) is 5.10. The molecule has 0 bridgehead atoms. The van der Waals surface area contributed by atoms with Crippen LogP contribution in [0.2, 0.25) is 0 Å². The molecule has 0 radical (unpaired) electrons. The third kappa shape index (κ3) is 5.12. The molecule has 4 rings (SSSR count). The van der Waals surface area contributed by atoms with E-state index in [9.17, 15) is 4.79 Å². The molecule has 0 spiro atoms. The number of carbonyl (C=O) groups excluding carboxylic acids is 1. The molecule has 32 heavy (non-hydrogen) atoms. The number of hydrogen-bond donors (Lipinski definition) is 1. The summed E-state index contributed by atoms with van der Waals surface area (Å²) in [4.78, 5) is 15.5. The Bertz CT molecular complexity index is 1120. The maximum atomic E-state index is 13.5. The lowest BCUT2D eigenvalue weighted by molar-refractivity contribution is -0.122. The Morgan fingerprint density at radius 3 is 2.50 bits per heavy atom. The van der Waals surface area contributed by atoms with Crippen molar-refractivity contribution in [2.75, 3.05) is 11.9 Å². The fourth-order valence-corrected chi connectivity index (χ4v) is 3.59. The normalized spacial score (nSPS) is 12.1. The smallest absolute Gasteiger partial charge is 0.283 e. The van der Waals surface area contributed by atoms with E-state index in [1.807, 2.05) is 61.5 Å². The minimum absolute atomic E-state index is 0.112. The Balaban J connectivity index is 1.61. The first-order chi connectivity index (χ1) is 15.6. The second kappa shape index (κ2) is 10.1. The maximum Gasteiger partial charge on any atom is 0.283 e. The first-order valence-corrected chi connectivity index (χ1v) is 10.7. The number of aryl methyl sites for hydroxylation is 1. The Labute approximate surface area is 187 Å². The zero-order valence-corrected chi connectivity index (χ0v) is 18.2. The van der Waals surface area contributed by atoms with Crippen LogP contribution >= 0.6 is 0 Å². The summed E-state index contributed by atoms with van der Waals surface area (Å²) in [5, 5.41) is 11.3. The fraction of sp³-hybridized carbons (Fsp3) is 0.240. The summed E-state index contributed by atoms with van der Waals surface area (Å²) >= 11 is 0. The quantitative estimate of drug-likeness (QED) is 0.391. The van der Waals surface area contributed by atoms with Crippen LogP contribution in [-0.2, 0) is 11.3 Å². The molecule has 2 heterocycles. The molecule has 1 atom stereocenters. The first-order valence-electron chi connectivity index (χ1n) is 10.7. The molecular formula is C25H26N4O3. The van der Waals surface area contributed by atoms with Crippen LogP contribution < -0.4 is 5.32 Å². The molecule has 4 aromatic rings. The minimum Gasteiger partial charge on any atom is -0.459 e. The molecule has 7 heteroatoms. The second-order valence-electron chi connectivity index (χ2n) is 7.62. The molecule has 0 aliphatic heterocycles. The van der Waals surface area contributed by atoms with E-state index in [4.69, 9.17) is 8.83 Å². The van der Waals surface area contributed by atoms with Gasteiger partial charge in [0, 0.05) is 5.69 Å². The molecule has 0 aliphatic rings. The summed E-state index contributed by atoms with van der Waals surface area (Å²) in [6, 6.07) is 20.5. The van der Waals surface area contributed by atoms with Crippen molar-refractivity contribution in [3.8, 4) is 11.7 Å². The number of anilines is 1. The van der Waals surface area contributed by atoms with E-state index in [-0.39, 0.29) is 5.91 Å². The maximum absolute atomic E-state index is 13.5. The van der Waals surface area contributed by atoms with Gasteiger partial charge in [-0.3, -0.25) is 9.69 Å². The van der Waals surface area contributed by atoms with Crippen molar-refractivity contribution in [2.45, 2.75) is 32.9 Å². The number of furan rings is 1. The van der Waals surface area contributed by atoms with Crippen molar-refractivity contribution in [1.82, 2.24) is 15.1 Å². The van der Waals surface area contributed by atoms with Gasteiger partial charge in [0.15, 0.2) is 5.76 Å². The molecule has 0 unspecified atom stereocenters. The van der Waals surface area contributed by atoms with Gasteiger partial charge in [-0.2, -0.15) is 0 Å². The standard InChI is InChI=1S/C25H26N4O3/c1-3-15-29(17-22-27-28-25(32-22)21-10-7-16-31-21)23(19-8-5-4-6-9-19)24(30)26-20-13-11-18(2)12-14-20/h4-14,16,23H,3,15,17H2,1-2H3,(H,26,30)/t23-/m0/s1. The van der Waals surface area contributed by atoms with Gasteiger partial charge in [-0.1, -0.05) is 55.0 Å². The van der Waals surface area contributed by atoms with Crippen molar-refractivity contribution in [3.05, 3.63) is 90.0 Å². The lowest BCUT2D eigenvalue weighted by Gasteiger charge is -2.29. The predicted octanol–water partition coefficient (Wildman–Crippen LogP) is 5.23. The average Bonchev–Trinajstić information content (AvgIpc) is 3.49. The van der Waals surface area contributed by atoms with Crippen molar-refractivity contribution >= 4 is 11.6 Å². The van der Waals surface area contributed by atoms with Crippen LogP contribution in [0, 0.1) is 6.92 Å². The highest BCUT2D eigenvalue weighted by Crippen LogP contribution is 2.26. The van der Waals surface area contributed by atoms with Crippen LogP contribution in [-0.4, -0.2) is 27.5 Å². The molecule has 2 aromatic heterocycles. The van der Waals surface area contributed by atoms with Gasteiger partial charge >= 0.3 is 0 Å². The lowest BCUT2D eigenvalue weighted by Crippen LogP contribution is -2.37. The molecule has 2 aromatic carbocycles. The van der Waals surface area contributed by atoms with Crippen LogP contribution in [0.4, 0.5) is 5.69 Å². The zero-order valence-electron chi connectivity index (χ0n) is 18.2. The molecule has 0 saturated heterocycles. The van der Waals surface area contributed by atoms with Crippen molar-refractivity contribution in [1.29, 1.82) is 0 Å². The highest BCUT2D eigenvalue weighted by atomic mass is 16.4. The SMILES string of the molecule is CCCN(Cc1nnc(-c2ccco2)o1)[C@H](C(=O)Nc1ccc(C)cc1)c1ccccc1. The molecule has 0 aliphatic carbocycles. The van der Waals surface area contributed by atoms with Crippen LogP contribution in [0.15, 0.2) is 81.8 Å². The van der Waals surface area contributed by atoms with Gasteiger partial charge in [-0.05, 0) is 49.7 Å². The monoisotopic (exact) mass is 430 g/mol. The molecule has 1 amide bonds. The van der Waals surface area contributed by atoms with Crippen LogP contribution in [0.5, 0.6) is 0 Å². The zero-order chi connectivity index (χ0) is 22.3. The number of hydrogen-bond acceptors (Lipinski definition) is 6. The van der Waals surface area contributed by atoms with Gasteiger partial charge in [-0.15, -0.1) is 10.2 Å². The molecular weight excluding hydrogens is 404 g/mol. The van der Waals surface area contributed by atoms with Gasteiger partial charge in [0.25, 0.3) is 5.89 Å². The van der Waals surface area contributed by atoms with Crippen molar-refractivity contribution in [3.63, 3.8) is 0 Å². The van der Waals surface area contributed by atoms with E-state index in [1.54, 1.807) is 18.4 Å². The average molecular weight is 431 g/mol. The minimum atomic E-state index is -0.517. The molecule has 7 nitrogen and oxygen atoms in total. The summed E-state index contributed by atoms with van der Waals surface area (Å²) < 4.78 is 11.2. The van der Waals surface area contributed by atoms with E-state index in [1.165, 1.54) is 0 Å². The van der Waals surface area contributed by atoms with E-state index in [0.717, 1.165) is 23.2 Å². The number of aromatic nitrogens is 2. The van der Waals surface area contributed by atoms with Crippen LogP contribution in [0.1, 0.15) is 36.4 Å². The Kier molecular flexibility index (Phi) is 6.77. The van der Waals surface area contributed by atoms with Crippen LogP contribution in [0.3, 0.4) is 0 Å². The number of amides is 1. The fourth-order valence-electron chi connectivity index (χ4n) is 3.59. The number of nitrogens with one attached hydrogen (secondary N) is 1. The third-order valence-electron chi connectivity index (χ3n) is 5.10. The van der Waals surface area contributed by atoms with Gasteiger partial charge in [0.2, 0.25) is 11.8 Å². The van der Waals surface area contributed by atoms with Gasteiger partial charge in [-0.25, -0.2) is 0 Å². The number of nitrogens with zero attached hydrogens (tertiary/aromatic N) is 3. The van der Waals surface area contributed by atoms with E-state index >= 15 is 0 Å². The Hall–Kier alpha value is -3.71. The number of carbonyl (C=O) groups is 1. The first kappa shape index (κ1) is 21.5. The van der Waals surface area contributed by atoms with Gasteiger partial charge in [0.05, 0.1) is 12.8 Å². The summed E-state index contributed by atoms with van der Waals surface area (Å²) in [6.45, 7) is 5.11. The summed E-state index contributed by atoms with van der Waals surface area (Å²) in [7, 11) is 0. The van der Waals surface area contributed by atoms with Gasteiger partial charge in [0.1, 0.15) is 6.04 Å². The number of benzene rings is 2. The molecule has 164 valence electrons. The predicted molar refractivity (Wildman–Crippen MR) is 122 cm³/mol. The highest BCUT2D eigenvalue weighted by molar-refractivity contribution is 5.95. The van der Waals surface area contributed by atoms with E-state index in [0.29, 0.717) is 30.6 Å². The second-order valence-corrected chi connectivity index (χ2v) is 7.62. The Morgan fingerprint density at radius 2 is 1.81 bits per heavy atom. The molecule has 0 saturated carbocycles. The number of rotatable bonds is 9. The topological polar surface area (TPSA) is 84.4 Å². The van der Waals surface area contributed by atoms with Crippen LogP contribution in [0.25, 0.3) is 11.7 Å². The van der Waals surface area contributed by atoms with Crippen molar-refractivity contribution in [2.24, 2.45) is 0 Å². The van der Waals surface area contributed by atoms with E-state index < -0.39 is 6.04 Å². The summed E-state index contributed by atoms with van der Waals surface area (Å²) in [6.07, 6.45) is 2.42. The largest absolute Gasteiger partial charge is 0.459 e. The highest BCUT2D eigenvalue weighted by Gasteiger charge is 2.29. The lowest BCUT2D eigenvalue weighted by atomic mass is 10.0. The van der Waals surface area contributed by atoms with Gasteiger partial charge < -0.3 is 14.2 Å². The molecule has 0 fully saturated rings. The Morgan fingerprint density at radius 1 is 1.03 bits per heavy atom. The van der Waals surface area contributed by atoms with E-state index in [2.05, 4.69) is 27.3 Å². The summed E-state index contributed by atoms with van der Waals surface area (Å²) in [5.41, 5.74) is 2.80. The van der Waals surface area contributed by atoms with Crippen molar-refractivity contribution < 1.29 is 13.6 Å². The molecule has 1 N–H and O–H groups in total. The summed E-state index contributed by atoms with van der Waals surface area (Å²) in [5.74, 6) is 1.15.